The van der Waals surface area contributed by atoms with Gasteiger partial charge >= 0.3 is 0 Å². The van der Waals surface area contributed by atoms with Gasteiger partial charge in [0, 0.05) is 11.5 Å². The molecule has 0 radical (unpaired) electrons. The molecule has 0 saturated carbocycles. The minimum atomic E-state index is -0.271. The summed E-state index contributed by atoms with van der Waals surface area (Å²) in [6, 6.07) is 6.49. The summed E-state index contributed by atoms with van der Waals surface area (Å²) in [6.45, 7) is 0. The number of benzene rings is 2. The summed E-state index contributed by atoms with van der Waals surface area (Å²) >= 11 is 0. The molecule has 2 aromatic carbocycles. The van der Waals surface area contributed by atoms with Crippen molar-refractivity contribution in [1.29, 1.82) is 0 Å². The number of phenols is 2. The van der Waals surface area contributed by atoms with Gasteiger partial charge in [-0.3, -0.25) is 9.59 Å². The van der Waals surface area contributed by atoms with Gasteiger partial charge in [0.1, 0.15) is 11.5 Å². The van der Waals surface area contributed by atoms with Crippen molar-refractivity contribution in [1.82, 2.24) is 0 Å². The highest BCUT2D eigenvalue weighted by atomic mass is 16.3. The fourth-order valence-corrected chi connectivity index (χ4v) is 3.45. The second-order valence-electron chi connectivity index (χ2n) is 5.69. The fraction of sp³-hybridized carbons (Fsp3) is 0.111. The Balaban J connectivity index is 1.95. The van der Waals surface area contributed by atoms with E-state index in [1.807, 2.05) is 0 Å². The van der Waals surface area contributed by atoms with Crippen LogP contribution in [-0.4, -0.2) is 21.8 Å². The van der Waals surface area contributed by atoms with E-state index in [0.29, 0.717) is 12.0 Å². The van der Waals surface area contributed by atoms with E-state index in [1.165, 1.54) is 18.2 Å². The van der Waals surface area contributed by atoms with Crippen LogP contribution in [0.25, 0.3) is 10.8 Å². The van der Waals surface area contributed by atoms with Crippen molar-refractivity contribution < 1.29 is 19.8 Å². The molecule has 4 rings (SSSR count). The summed E-state index contributed by atoms with van der Waals surface area (Å²) < 4.78 is 0. The van der Waals surface area contributed by atoms with Gasteiger partial charge in [0.15, 0.2) is 11.6 Å². The summed E-state index contributed by atoms with van der Waals surface area (Å²) in [7, 11) is 0. The van der Waals surface area contributed by atoms with Crippen molar-refractivity contribution in [2.24, 2.45) is 0 Å². The molecule has 2 N–H and O–H groups in total. The number of ketones is 2. The maximum Gasteiger partial charge on any atom is 0.182 e. The van der Waals surface area contributed by atoms with Gasteiger partial charge < -0.3 is 10.2 Å². The average molecular weight is 292 g/mol. The molecule has 0 bridgehead atoms. The molecule has 0 aliphatic heterocycles. The summed E-state index contributed by atoms with van der Waals surface area (Å²) in [4.78, 5) is 23.7. The van der Waals surface area contributed by atoms with Gasteiger partial charge in [-0.15, -0.1) is 0 Å². The molecule has 4 nitrogen and oxygen atoms in total. The average Bonchev–Trinajstić information content (AvgIpc) is 2.80. The van der Waals surface area contributed by atoms with Crippen LogP contribution in [0.5, 0.6) is 11.5 Å². The summed E-state index contributed by atoms with van der Waals surface area (Å²) in [6.07, 6.45) is 4.45. The third-order valence-electron chi connectivity index (χ3n) is 4.29. The van der Waals surface area contributed by atoms with Gasteiger partial charge in [0.2, 0.25) is 0 Å². The summed E-state index contributed by atoms with van der Waals surface area (Å²) in [5, 5.41) is 21.4. The smallest absolute Gasteiger partial charge is 0.182 e. The molecular weight excluding hydrogens is 280 g/mol. The molecule has 0 spiro atoms. The first-order chi connectivity index (χ1) is 10.5. The maximum absolute atomic E-state index is 12.1. The second-order valence-corrected chi connectivity index (χ2v) is 5.69. The Kier molecular flexibility index (Phi) is 2.51. The lowest BCUT2D eigenvalue weighted by atomic mass is 9.86. The number of hydrogen-bond donors (Lipinski definition) is 2. The molecule has 0 amide bonds. The van der Waals surface area contributed by atoms with E-state index in [4.69, 9.17) is 0 Å². The molecule has 4 heteroatoms. The highest BCUT2D eigenvalue weighted by molar-refractivity contribution is 6.18. The number of rotatable bonds is 1. The summed E-state index contributed by atoms with van der Waals surface area (Å²) in [5.41, 5.74) is 2.19. The molecule has 0 fully saturated rings. The van der Waals surface area contributed by atoms with Crippen molar-refractivity contribution in [3.05, 3.63) is 59.2 Å². The predicted octanol–water partition coefficient (Wildman–Crippen LogP) is 2.53. The lowest BCUT2D eigenvalue weighted by Crippen LogP contribution is -2.14. The highest BCUT2D eigenvalue weighted by Gasteiger charge is 2.32. The Morgan fingerprint density at radius 1 is 0.955 bits per heavy atom. The third-order valence-corrected chi connectivity index (χ3v) is 4.29. The topological polar surface area (TPSA) is 74.6 Å². The van der Waals surface area contributed by atoms with Crippen LogP contribution in [0.2, 0.25) is 0 Å². The Bertz CT molecular complexity index is 913. The first kappa shape index (κ1) is 12.8. The van der Waals surface area contributed by atoms with E-state index >= 15 is 0 Å². The predicted molar refractivity (Wildman–Crippen MR) is 81.0 cm³/mol. The Hall–Kier alpha value is -2.88. The first-order valence-corrected chi connectivity index (χ1v) is 6.99. The van der Waals surface area contributed by atoms with Gasteiger partial charge in [-0.25, -0.2) is 0 Å². The minimum Gasteiger partial charge on any atom is -0.508 e. The van der Waals surface area contributed by atoms with Gasteiger partial charge in [-0.1, -0.05) is 0 Å². The standard InChI is InChI=1S/C18H12O4/c19-11-1-2-17(22)15(7-11)14-6-10-5-12(20)3-9-4-13(21)8-16(14)18(9)10/h1-5,7-8,14,20-21H,6H2. The van der Waals surface area contributed by atoms with Gasteiger partial charge in [-0.2, -0.15) is 0 Å². The SMILES string of the molecule is O=C1C=CC(=O)C(C2Cc3cc(O)cc4cc(O)cc2c34)=C1. The monoisotopic (exact) mass is 292 g/mol. The van der Waals surface area contributed by atoms with Crippen LogP contribution >= 0.6 is 0 Å². The highest BCUT2D eigenvalue weighted by Crippen LogP contribution is 2.45. The fourth-order valence-electron chi connectivity index (χ4n) is 3.45. The van der Waals surface area contributed by atoms with Crippen LogP contribution in [0.15, 0.2) is 48.1 Å². The van der Waals surface area contributed by atoms with E-state index < -0.39 is 0 Å². The van der Waals surface area contributed by atoms with E-state index in [1.54, 1.807) is 24.3 Å². The zero-order valence-corrected chi connectivity index (χ0v) is 11.5. The molecule has 0 heterocycles. The van der Waals surface area contributed by atoms with Crippen LogP contribution in [0.1, 0.15) is 17.0 Å². The van der Waals surface area contributed by atoms with Gasteiger partial charge in [-0.05, 0) is 70.8 Å². The van der Waals surface area contributed by atoms with Crippen LogP contribution in [-0.2, 0) is 16.0 Å². The van der Waals surface area contributed by atoms with Crippen molar-refractivity contribution in [3.8, 4) is 11.5 Å². The van der Waals surface area contributed by atoms with Crippen molar-refractivity contribution >= 4 is 22.3 Å². The molecule has 0 saturated heterocycles. The van der Waals surface area contributed by atoms with Gasteiger partial charge in [0.05, 0.1) is 0 Å². The molecule has 1 atom stereocenters. The number of aromatic hydroxyl groups is 2. The number of hydrogen-bond acceptors (Lipinski definition) is 4. The molecule has 1 unspecified atom stereocenters. The Morgan fingerprint density at radius 2 is 1.68 bits per heavy atom. The molecule has 2 aliphatic carbocycles. The normalized spacial score (nSPS) is 19.8. The number of carbonyl (C=O) groups is 2. The largest absolute Gasteiger partial charge is 0.508 e. The Morgan fingerprint density at radius 3 is 2.45 bits per heavy atom. The first-order valence-electron chi connectivity index (χ1n) is 6.99. The maximum atomic E-state index is 12.1. The van der Waals surface area contributed by atoms with E-state index in [9.17, 15) is 19.8 Å². The Labute approximate surface area is 126 Å². The molecular formula is C18H12O4. The molecule has 2 aliphatic rings. The quantitative estimate of drug-likeness (QED) is 0.792. The van der Waals surface area contributed by atoms with Crippen LogP contribution in [0.4, 0.5) is 0 Å². The molecule has 108 valence electrons. The molecule has 22 heavy (non-hydrogen) atoms. The lowest BCUT2D eigenvalue weighted by Gasteiger charge is -2.16. The van der Waals surface area contributed by atoms with Crippen molar-refractivity contribution in [3.63, 3.8) is 0 Å². The van der Waals surface area contributed by atoms with Gasteiger partial charge in [0.25, 0.3) is 0 Å². The van der Waals surface area contributed by atoms with Crippen LogP contribution in [0, 0.1) is 0 Å². The van der Waals surface area contributed by atoms with Crippen molar-refractivity contribution in [2.75, 3.05) is 0 Å². The summed E-state index contributed by atoms with van der Waals surface area (Å²) in [5.74, 6) is -0.452. The zero-order chi connectivity index (χ0) is 15.4. The molecule has 2 aromatic rings. The molecule has 0 aromatic heterocycles. The third kappa shape index (κ3) is 1.77. The van der Waals surface area contributed by atoms with E-state index in [-0.39, 0.29) is 29.0 Å². The number of phenolic OH excluding ortho intramolecular Hbond substituents is 2. The van der Waals surface area contributed by atoms with Crippen LogP contribution in [0.3, 0.4) is 0 Å². The zero-order valence-electron chi connectivity index (χ0n) is 11.5. The lowest BCUT2D eigenvalue weighted by molar-refractivity contribution is -0.114. The number of carbonyl (C=O) groups excluding carboxylic acids is 2. The number of allylic oxidation sites excluding steroid dienone is 4. The van der Waals surface area contributed by atoms with E-state index in [0.717, 1.165) is 21.9 Å². The van der Waals surface area contributed by atoms with E-state index in [2.05, 4.69) is 0 Å². The van der Waals surface area contributed by atoms with Crippen LogP contribution < -0.4 is 0 Å². The van der Waals surface area contributed by atoms with Crippen molar-refractivity contribution in [2.45, 2.75) is 12.3 Å². The second kappa shape index (κ2) is 4.31. The minimum absolute atomic E-state index is 0.0803.